The third kappa shape index (κ3) is 3.20. The molecular weight excluding hydrogens is 314 g/mol. The summed E-state index contributed by atoms with van der Waals surface area (Å²) >= 11 is 5.72. The molecule has 0 aliphatic rings. The highest BCUT2D eigenvalue weighted by Gasteiger charge is 2.22. The minimum absolute atomic E-state index is 0.0271. The molecule has 0 bridgehead atoms. The van der Waals surface area contributed by atoms with E-state index in [0.29, 0.717) is 0 Å². The van der Waals surface area contributed by atoms with Gasteiger partial charge in [0, 0.05) is 0 Å². The summed E-state index contributed by atoms with van der Waals surface area (Å²) in [4.78, 5) is 29.4. The van der Waals surface area contributed by atoms with Gasteiger partial charge < -0.3 is 15.1 Å². The molecule has 1 aromatic heterocycles. The zero-order chi connectivity index (χ0) is 14.9. The Morgan fingerprint density at radius 3 is 2.70 bits per heavy atom. The maximum Gasteiger partial charge on any atom is 0.466 e. The van der Waals surface area contributed by atoms with E-state index in [0.717, 1.165) is 18.3 Å². The lowest BCUT2D eigenvalue weighted by Gasteiger charge is -2.05. The fraction of sp³-hybridized carbons (Fsp3) is 0. The molecule has 0 radical (unpaired) electrons. The summed E-state index contributed by atoms with van der Waals surface area (Å²) in [6.45, 7) is 0. The SMILES string of the molecule is O=C(Nc1ccc(F)cc1Cl)c1cnn(P(=O)(O)O)n1. The first kappa shape index (κ1) is 14.6. The van der Waals surface area contributed by atoms with E-state index >= 15 is 0 Å². The molecule has 0 saturated carbocycles. The molecule has 1 amide bonds. The molecule has 2 aromatic rings. The van der Waals surface area contributed by atoms with Crippen molar-refractivity contribution in [3.8, 4) is 0 Å². The second-order valence-electron chi connectivity index (χ2n) is 3.59. The molecule has 1 heterocycles. The highest BCUT2D eigenvalue weighted by Crippen LogP contribution is 2.34. The normalized spacial score (nSPS) is 11.4. The molecule has 8 nitrogen and oxygen atoms in total. The minimum atomic E-state index is -4.70. The maximum atomic E-state index is 12.8. The fourth-order valence-electron chi connectivity index (χ4n) is 1.26. The second-order valence-corrected chi connectivity index (χ2v) is 5.38. The standard InChI is InChI=1S/C9H7ClFN4O4P/c10-6-3-5(11)1-2-7(6)13-9(16)8-4-12-15(14-8)20(17,18)19/h1-4H,(H,13,16)(H2,17,18,19). The van der Waals surface area contributed by atoms with Gasteiger partial charge in [-0.15, -0.1) is 5.10 Å². The van der Waals surface area contributed by atoms with E-state index in [4.69, 9.17) is 21.4 Å². The van der Waals surface area contributed by atoms with Crippen LogP contribution >= 0.6 is 19.3 Å². The molecule has 0 fully saturated rings. The fourth-order valence-corrected chi connectivity index (χ4v) is 1.87. The van der Waals surface area contributed by atoms with Crippen molar-refractivity contribution >= 4 is 30.9 Å². The molecule has 0 aliphatic heterocycles. The van der Waals surface area contributed by atoms with Crippen LogP contribution in [0.15, 0.2) is 24.4 Å². The Balaban J connectivity index is 2.20. The third-order valence-corrected chi connectivity index (χ3v) is 3.10. The van der Waals surface area contributed by atoms with Crippen LogP contribution in [-0.2, 0) is 4.57 Å². The summed E-state index contributed by atoms with van der Waals surface area (Å²) in [7, 11) is -4.70. The van der Waals surface area contributed by atoms with Crippen molar-refractivity contribution < 1.29 is 23.5 Å². The molecule has 0 unspecified atom stereocenters. The number of carbonyl (C=O) groups is 1. The van der Waals surface area contributed by atoms with Crippen LogP contribution in [0.2, 0.25) is 5.02 Å². The van der Waals surface area contributed by atoms with Crippen molar-refractivity contribution in [1.82, 2.24) is 14.8 Å². The van der Waals surface area contributed by atoms with Gasteiger partial charge in [0.05, 0.1) is 16.9 Å². The van der Waals surface area contributed by atoms with Crippen LogP contribution in [-0.4, -0.2) is 30.5 Å². The zero-order valence-electron chi connectivity index (χ0n) is 9.57. The van der Waals surface area contributed by atoms with Gasteiger partial charge >= 0.3 is 7.75 Å². The molecule has 0 spiro atoms. The van der Waals surface area contributed by atoms with E-state index in [2.05, 4.69) is 15.5 Å². The second kappa shape index (κ2) is 5.29. The van der Waals surface area contributed by atoms with Crippen LogP contribution in [0.3, 0.4) is 0 Å². The highest BCUT2D eigenvalue weighted by molar-refractivity contribution is 7.49. The summed E-state index contributed by atoms with van der Waals surface area (Å²) in [6.07, 6.45) is 0.881. The van der Waals surface area contributed by atoms with E-state index in [1.807, 2.05) is 0 Å². The number of aromatic nitrogens is 3. The van der Waals surface area contributed by atoms with Crippen molar-refractivity contribution in [1.29, 1.82) is 0 Å². The lowest BCUT2D eigenvalue weighted by atomic mass is 10.3. The van der Waals surface area contributed by atoms with E-state index in [1.165, 1.54) is 6.07 Å². The Morgan fingerprint density at radius 1 is 1.45 bits per heavy atom. The lowest BCUT2D eigenvalue weighted by Crippen LogP contribution is -2.13. The number of nitrogens with zero attached hydrogens (tertiary/aromatic N) is 3. The number of anilines is 1. The smallest absolute Gasteiger partial charge is 0.319 e. The minimum Gasteiger partial charge on any atom is -0.319 e. The summed E-state index contributed by atoms with van der Waals surface area (Å²) in [5, 5.41) is 8.90. The van der Waals surface area contributed by atoms with E-state index < -0.39 is 19.5 Å². The van der Waals surface area contributed by atoms with Crippen molar-refractivity contribution in [2.75, 3.05) is 5.32 Å². The summed E-state index contributed by atoms with van der Waals surface area (Å²) in [5.41, 5.74) is -0.197. The van der Waals surface area contributed by atoms with Crippen LogP contribution in [0.25, 0.3) is 0 Å². The molecule has 3 N–H and O–H groups in total. The first-order valence-electron chi connectivity index (χ1n) is 5.02. The monoisotopic (exact) mass is 320 g/mol. The molecule has 0 aliphatic carbocycles. The summed E-state index contributed by atoms with van der Waals surface area (Å²) in [5.74, 6) is -1.36. The van der Waals surface area contributed by atoms with Crippen molar-refractivity contribution in [3.63, 3.8) is 0 Å². The first-order chi connectivity index (χ1) is 9.27. The largest absolute Gasteiger partial charge is 0.466 e. The van der Waals surface area contributed by atoms with Crippen LogP contribution in [0.1, 0.15) is 10.5 Å². The van der Waals surface area contributed by atoms with Crippen LogP contribution in [0, 0.1) is 5.82 Å². The van der Waals surface area contributed by atoms with Crippen molar-refractivity contribution in [3.05, 3.63) is 40.9 Å². The van der Waals surface area contributed by atoms with Crippen molar-refractivity contribution in [2.45, 2.75) is 0 Å². The maximum absolute atomic E-state index is 12.8. The average Bonchev–Trinajstić information content (AvgIpc) is 2.82. The molecule has 106 valence electrons. The molecule has 0 atom stereocenters. The molecule has 11 heteroatoms. The molecule has 1 aromatic carbocycles. The molecule has 0 saturated heterocycles. The first-order valence-corrected chi connectivity index (χ1v) is 6.97. The Morgan fingerprint density at radius 2 is 2.15 bits per heavy atom. The summed E-state index contributed by atoms with van der Waals surface area (Å²) in [6, 6.07) is 3.33. The van der Waals surface area contributed by atoms with E-state index in [9.17, 15) is 13.8 Å². The van der Waals surface area contributed by atoms with Gasteiger partial charge in [0.25, 0.3) is 5.91 Å². The van der Waals surface area contributed by atoms with Crippen LogP contribution < -0.4 is 5.32 Å². The summed E-state index contributed by atoms with van der Waals surface area (Å²) < 4.78 is 23.8. The number of benzene rings is 1. The zero-order valence-corrected chi connectivity index (χ0v) is 11.2. The third-order valence-electron chi connectivity index (χ3n) is 2.13. The number of amides is 1. The Hall–Kier alpha value is -1.80. The molecule has 2 rings (SSSR count). The number of hydrogen-bond donors (Lipinski definition) is 3. The van der Waals surface area contributed by atoms with Crippen LogP contribution in [0.5, 0.6) is 0 Å². The Bertz CT molecular complexity index is 716. The van der Waals surface area contributed by atoms with Gasteiger partial charge in [-0.25, -0.2) is 8.96 Å². The Kier molecular flexibility index (Phi) is 3.87. The number of rotatable bonds is 3. The number of halogens is 2. The average molecular weight is 321 g/mol. The van der Waals surface area contributed by atoms with Gasteiger partial charge in [-0.3, -0.25) is 4.79 Å². The van der Waals surface area contributed by atoms with Gasteiger partial charge in [0.15, 0.2) is 5.69 Å². The van der Waals surface area contributed by atoms with Gasteiger partial charge in [-0.1, -0.05) is 16.2 Å². The van der Waals surface area contributed by atoms with Gasteiger partial charge in [-0.2, -0.15) is 5.10 Å². The topological polar surface area (TPSA) is 117 Å². The van der Waals surface area contributed by atoms with Crippen LogP contribution in [0.4, 0.5) is 10.1 Å². The quantitative estimate of drug-likeness (QED) is 0.733. The number of carbonyl (C=O) groups excluding carboxylic acids is 1. The van der Waals surface area contributed by atoms with Gasteiger partial charge in [-0.05, 0) is 18.2 Å². The highest BCUT2D eigenvalue weighted by atomic mass is 35.5. The predicted octanol–water partition coefficient (Wildman–Crippen LogP) is 1.26. The lowest BCUT2D eigenvalue weighted by molar-refractivity contribution is 0.102. The predicted molar refractivity (Wildman–Crippen MR) is 66.8 cm³/mol. The molecular formula is C9H7ClFN4O4P. The van der Waals surface area contributed by atoms with E-state index in [-0.39, 0.29) is 21.0 Å². The van der Waals surface area contributed by atoms with Gasteiger partial charge in [0.1, 0.15) is 5.82 Å². The van der Waals surface area contributed by atoms with E-state index in [1.54, 1.807) is 0 Å². The number of nitrogens with one attached hydrogen (secondary N) is 1. The Labute approximate surface area is 116 Å². The van der Waals surface area contributed by atoms with Gasteiger partial charge in [0.2, 0.25) is 0 Å². The number of hydrogen-bond acceptors (Lipinski definition) is 4. The molecule has 20 heavy (non-hydrogen) atoms. The van der Waals surface area contributed by atoms with Crippen molar-refractivity contribution in [2.24, 2.45) is 0 Å².